The van der Waals surface area contributed by atoms with E-state index in [1.807, 2.05) is 73.7 Å². The van der Waals surface area contributed by atoms with Crippen molar-refractivity contribution >= 4 is 5.91 Å². The third-order valence-corrected chi connectivity index (χ3v) is 4.67. The fourth-order valence-electron chi connectivity index (χ4n) is 3.16. The number of benzene rings is 3. The maximum Gasteiger partial charge on any atom is 0.253 e. The highest BCUT2D eigenvalue weighted by Gasteiger charge is 2.16. The van der Waals surface area contributed by atoms with Gasteiger partial charge in [-0.3, -0.25) is 4.79 Å². The zero-order valence-electron chi connectivity index (χ0n) is 17.6. The first kappa shape index (κ1) is 21.2. The molecule has 0 N–H and O–H groups in total. The molecule has 1 amide bonds. The van der Waals surface area contributed by atoms with Crippen LogP contribution in [-0.4, -0.2) is 31.6 Å². The van der Waals surface area contributed by atoms with Crippen LogP contribution < -0.4 is 14.2 Å². The normalized spacial score (nSPS) is 10.4. The minimum absolute atomic E-state index is 0.0551. The summed E-state index contributed by atoms with van der Waals surface area (Å²) in [4.78, 5) is 14.7. The molecule has 3 rings (SSSR count). The number of carbonyl (C=O) groups excluding carboxylic acids is 1. The summed E-state index contributed by atoms with van der Waals surface area (Å²) in [5.41, 5.74) is 2.48. The molecule has 0 heterocycles. The molecule has 0 aliphatic rings. The summed E-state index contributed by atoms with van der Waals surface area (Å²) >= 11 is 0. The quantitative estimate of drug-likeness (QED) is 0.506. The van der Waals surface area contributed by atoms with Gasteiger partial charge in [-0.05, 0) is 42.8 Å². The van der Waals surface area contributed by atoms with Crippen LogP contribution in [0.15, 0.2) is 72.8 Å². The molecule has 5 heteroatoms. The zero-order chi connectivity index (χ0) is 21.3. The van der Waals surface area contributed by atoms with Gasteiger partial charge in [-0.25, -0.2) is 0 Å². The summed E-state index contributed by atoms with van der Waals surface area (Å²) in [7, 11) is 3.41. The maximum absolute atomic E-state index is 13.0. The van der Waals surface area contributed by atoms with Crippen LogP contribution in [0.5, 0.6) is 17.2 Å². The van der Waals surface area contributed by atoms with Gasteiger partial charge >= 0.3 is 0 Å². The molecule has 0 saturated heterocycles. The molecule has 0 bridgehead atoms. The van der Waals surface area contributed by atoms with E-state index in [1.54, 1.807) is 25.1 Å². The molecule has 0 aliphatic heterocycles. The number of hydrogen-bond acceptors (Lipinski definition) is 4. The highest BCUT2D eigenvalue weighted by molar-refractivity contribution is 5.94. The molecular weight excluding hydrogens is 378 g/mol. The molecule has 0 radical (unpaired) electrons. The van der Waals surface area contributed by atoms with Gasteiger partial charge in [0.1, 0.15) is 12.4 Å². The molecule has 0 atom stereocenters. The molecule has 30 heavy (non-hydrogen) atoms. The fourth-order valence-corrected chi connectivity index (χ4v) is 3.16. The Kier molecular flexibility index (Phi) is 7.33. The molecule has 0 saturated carbocycles. The van der Waals surface area contributed by atoms with Crippen molar-refractivity contribution in [2.24, 2.45) is 0 Å². The lowest BCUT2D eigenvalue weighted by Crippen LogP contribution is -2.26. The molecule has 0 unspecified atom stereocenters. The smallest absolute Gasteiger partial charge is 0.253 e. The maximum atomic E-state index is 13.0. The van der Waals surface area contributed by atoms with Crippen LogP contribution in [0.4, 0.5) is 0 Å². The minimum atomic E-state index is -0.0551. The number of carbonyl (C=O) groups is 1. The van der Waals surface area contributed by atoms with E-state index in [0.29, 0.717) is 36.0 Å². The topological polar surface area (TPSA) is 48.0 Å². The van der Waals surface area contributed by atoms with E-state index in [9.17, 15) is 4.79 Å². The number of nitrogens with zero attached hydrogens (tertiary/aromatic N) is 1. The Morgan fingerprint density at radius 3 is 2.27 bits per heavy atom. The molecule has 0 aromatic heterocycles. The van der Waals surface area contributed by atoms with Crippen molar-refractivity contribution in [1.82, 2.24) is 4.90 Å². The van der Waals surface area contributed by atoms with Crippen LogP contribution in [-0.2, 0) is 13.2 Å². The van der Waals surface area contributed by atoms with Gasteiger partial charge in [-0.1, -0.05) is 42.5 Å². The fraction of sp³-hybridized carbons (Fsp3) is 0.240. The molecule has 0 spiro atoms. The van der Waals surface area contributed by atoms with Crippen molar-refractivity contribution in [3.05, 3.63) is 89.5 Å². The Bertz CT molecular complexity index is 972. The van der Waals surface area contributed by atoms with E-state index in [4.69, 9.17) is 14.2 Å². The highest BCUT2D eigenvalue weighted by Crippen LogP contribution is 2.29. The van der Waals surface area contributed by atoms with Crippen molar-refractivity contribution < 1.29 is 19.0 Å². The van der Waals surface area contributed by atoms with E-state index < -0.39 is 0 Å². The van der Waals surface area contributed by atoms with Gasteiger partial charge in [0, 0.05) is 24.7 Å². The van der Waals surface area contributed by atoms with E-state index >= 15 is 0 Å². The first-order chi connectivity index (χ1) is 14.6. The van der Waals surface area contributed by atoms with Crippen molar-refractivity contribution in [2.45, 2.75) is 20.1 Å². The van der Waals surface area contributed by atoms with Crippen LogP contribution in [0, 0.1) is 0 Å². The van der Waals surface area contributed by atoms with Gasteiger partial charge in [0.25, 0.3) is 5.91 Å². The Hall–Kier alpha value is -3.47. The minimum Gasteiger partial charge on any atom is -0.493 e. The standard InChI is InChI=1S/C25H27NO4/c1-4-29-22-15-14-20(25(27)26(2)17-19-10-6-5-7-11-19)16-21(22)18-30-24-13-9-8-12-23(24)28-3/h5-16H,4,17-18H2,1-3H3. The number of methoxy groups -OCH3 is 1. The second kappa shape index (κ2) is 10.3. The molecule has 156 valence electrons. The molecule has 3 aromatic rings. The Morgan fingerprint density at radius 2 is 1.57 bits per heavy atom. The van der Waals surface area contributed by atoms with Crippen LogP contribution in [0.1, 0.15) is 28.4 Å². The average Bonchev–Trinajstić information content (AvgIpc) is 2.79. The third kappa shape index (κ3) is 5.32. The van der Waals surface area contributed by atoms with Crippen LogP contribution in [0.2, 0.25) is 0 Å². The van der Waals surface area contributed by atoms with Gasteiger partial charge in [0.2, 0.25) is 0 Å². The summed E-state index contributed by atoms with van der Waals surface area (Å²) in [6.07, 6.45) is 0. The first-order valence-electron chi connectivity index (χ1n) is 9.93. The van der Waals surface area contributed by atoms with Gasteiger partial charge in [-0.2, -0.15) is 0 Å². The van der Waals surface area contributed by atoms with Gasteiger partial charge in [0.05, 0.1) is 13.7 Å². The van der Waals surface area contributed by atoms with Crippen molar-refractivity contribution in [1.29, 1.82) is 0 Å². The molecule has 5 nitrogen and oxygen atoms in total. The number of rotatable bonds is 9. The monoisotopic (exact) mass is 405 g/mol. The van der Waals surface area contributed by atoms with E-state index in [-0.39, 0.29) is 12.5 Å². The lowest BCUT2D eigenvalue weighted by atomic mass is 10.1. The average molecular weight is 405 g/mol. The van der Waals surface area contributed by atoms with Crippen molar-refractivity contribution in [3.63, 3.8) is 0 Å². The summed E-state index contributed by atoms with van der Waals surface area (Å²) in [6, 6.07) is 22.8. The molecule has 0 fully saturated rings. The lowest BCUT2D eigenvalue weighted by Gasteiger charge is -2.19. The highest BCUT2D eigenvalue weighted by atomic mass is 16.5. The predicted octanol–water partition coefficient (Wildman–Crippen LogP) is 4.95. The van der Waals surface area contributed by atoms with E-state index in [1.165, 1.54) is 0 Å². The van der Waals surface area contributed by atoms with Crippen LogP contribution >= 0.6 is 0 Å². The van der Waals surface area contributed by atoms with Crippen LogP contribution in [0.3, 0.4) is 0 Å². The molecular formula is C25H27NO4. The number of ether oxygens (including phenoxy) is 3. The lowest BCUT2D eigenvalue weighted by molar-refractivity contribution is 0.0785. The SMILES string of the molecule is CCOc1ccc(C(=O)N(C)Cc2ccccc2)cc1COc1ccccc1OC. The van der Waals surface area contributed by atoms with Gasteiger partial charge in [0.15, 0.2) is 11.5 Å². The summed E-state index contributed by atoms with van der Waals surface area (Å²) < 4.78 is 17.0. The van der Waals surface area contributed by atoms with Crippen molar-refractivity contribution in [3.8, 4) is 17.2 Å². The van der Waals surface area contributed by atoms with Crippen molar-refractivity contribution in [2.75, 3.05) is 20.8 Å². The molecule has 3 aromatic carbocycles. The third-order valence-electron chi connectivity index (χ3n) is 4.67. The Labute approximate surface area is 177 Å². The second-order valence-corrected chi connectivity index (χ2v) is 6.84. The van der Waals surface area contributed by atoms with Gasteiger partial charge in [-0.15, -0.1) is 0 Å². The number of para-hydroxylation sites is 2. The summed E-state index contributed by atoms with van der Waals surface area (Å²) in [5.74, 6) is 1.95. The number of hydrogen-bond donors (Lipinski definition) is 0. The first-order valence-corrected chi connectivity index (χ1v) is 9.93. The van der Waals surface area contributed by atoms with E-state index in [2.05, 4.69) is 0 Å². The summed E-state index contributed by atoms with van der Waals surface area (Å²) in [6.45, 7) is 3.26. The zero-order valence-corrected chi connectivity index (χ0v) is 17.6. The molecule has 0 aliphatic carbocycles. The summed E-state index contributed by atoms with van der Waals surface area (Å²) in [5, 5.41) is 0. The second-order valence-electron chi connectivity index (χ2n) is 6.84. The van der Waals surface area contributed by atoms with Crippen LogP contribution in [0.25, 0.3) is 0 Å². The largest absolute Gasteiger partial charge is 0.493 e. The Morgan fingerprint density at radius 1 is 0.867 bits per heavy atom. The van der Waals surface area contributed by atoms with Gasteiger partial charge < -0.3 is 19.1 Å². The van der Waals surface area contributed by atoms with E-state index in [0.717, 1.165) is 11.1 Å². The number of amides is 1. The Balaban J connectivity index is 1.78. The predicted molar refractivity (Wildman–Crippen MR) is 117 cm³/mol.